The molecule has 3 heteroatoms. The van der Waals surface area contributed by atoms with Crippen LogP contribution < -0.4 is 0 Å². The fourth-order valence-electron chi connectivity index (χ4n) is 1.28. The molecule has 2 aromatic carbocycles. The summed E-state index contributed by atoms with van der Waals surface area (Å²) in [5.74, 6) is 0. The Morgan fingerprint density at radius 1 is 0.882 bits per heavy atom. The van der Waals surface area contributed by atoms with E-state index in [1.807, 2.05) is 60.7 Å². The summed E-state index contributed by atoms with van der Waals surface area (Å²) in [4.78, 5) is 0.773. The van der Waals surface area contributed by atoms with Gasteiger partial charge in [-0.25, -0.2) is 6.08 Å². The molecule has 0 aliphatic heterocycles. The summed E-state index contributed by atoms with van der Waals surface area (Å²) in [6.07, 6.45) is 1.75. The van der Waals surface area contributed by atoms with Crippen molar-refractivity contribution in [3.05, 3.63) is 71.6 Å². The minimum Gasteiger partial charge on any atom is -0.270 e. The van der Waals surface area contributed by atoms with Gasteiger partial charge in [0.2, 0.25) is 0 Å². The van der Waals surface area contributed by atoms with Crippen LogP contribution in [-0.4, -0.2) is 4.21 Å². The number of hydrogen-bond acceptors (Lipinski definition) is 1. The molecule has 84 valence electrons. The minimum atomic E-state index is -1.19. The summed E-state index contributed by atoms with van der Waals surface area (Å²) < 4.78 is 11.8. The average Bonchev–Trinajstić information content (AvgIpc) is 2.38. The van der Waals surface area contributed by atoms with Crippen molar-refractivity contribution in [3.63, 3.8) is 0 Å². The zero-order valence-electron chi connectivity index (χ0n) is 9.17. The van der Waals surface area contributed by atoms with Crippen LogP contribution in [0.4, 0.5) is 0 Å². The van der Waals surface area contributed by atoms with Gasteiger partial charge in [-0.15, -0.1) is 12.1 Å². The SMILES string of the molecule is O=S([C-]=Cc1ccccc1)c1ccccc1.[Zr]. The molecule has 1 unspecified atom stereocenters. The van der Waals surface area contributed by atoms with E-state index in [-0.39, 0.29) is 26.2 Å². The Morgan fingerprint density at radius 3 is 2.00 bits per heavy atom. The standard InChI is InChI=1S/C14H11OS.Zr/c15-16(14-9-5-2-6-10-14)12-11-13-7-3-1-4-8-13;/h1-11H;/q-1;. The van der Waals surface area contributed by atoms with Crippen molar-refractivity contribution in [3.8, 4) is 0 Å². The van der Waals surface area contributed by atoms with Gasteiger partial charge in [-0.2, -0.15) is 11.0 Å². The zero-order chi connectivity index (χ0) is 11.2. The molecule has 0 heterocycles. The normalized spacial score (nSPS) is 12.0. The fourth-order valence-corrected chi connectivity index (χ4v) is 2.07. The summed E-state index contributed by atoms with van der Waals surface area (Å²) in [6, 6.07) is 19.1. The molecule has 2 rings (SSSR count). The van der Waals surface area contributed by atoms with E-state index in [0.717, 1.165) is 10.5 Å². The van der Waals surface area contributed by atoms with E-state index in [1.165, 1.54) is 0 Å². The minimum absolute atomic E-state index is 0. The Labute approximate surface area is 123 Å². The first-order valence-corrected chi connectivity index (χ1v) is 6.12. The first-order chi connectivity index (χ1) is 7.86. The van der Waals surface area contributed by atoms with Crippen molar-refractivity contribution >= 4 is 16.9 Å². The molecular formula is C14H11OSZr-. The topological polar surface area (TPSA) is 17.1 Å². The van der Waals surface area contributed by atoms with Crippen LogP contribution in [0.5, 0.6) is 0 Å². The van der Waals surface area contributed by atoms with Crippen LogP contribution in [0.3, 0.4) is 0 Å². The summed E-state index contributed by atoms with van der Waals surface area (Å²) in [6.45, 7) is 0. The Morgan fingerprint density at radius 2 is 1.41 bits per heavy atom. The molecule has 0 aromatic heterocycles. The maximum absolute atomic E-state index is 11.8. The molecule has 0 saturated heterocycles. The second kappa shape index (κ2) is 7.52. The third-order valence-electron chi connectivity index (χ3n) is 2.09. The van der Waals surface area contributed by atoms with Gasteiger partial charge in [0.25, 0.3) is 0 Å². The molecule has 17 heavy (non-hydrogen) atoms. The molecular weight excluding hydrogens is 307 g/mol. The van der Waals surface area contributed by atoms with Crippen molar-refractivity contribution in [2.45, 2.75) is 4.90 Å². The first kappa shape index (κ1) is 14.3. The van der Waals surface area contributed by atoms with Gasteiger partial charge in [0.15, 0.2) is 0 Å². The van der Waals surface area contributed by atoms with E-state index >= 15 is 0 Å². The van der Waals surface area contributed by atoms with E-state index in [9.17, 15) is 4.21 Å². The second-order valence-electron chi connectivity index (χ2n) is 3.25. The Hall–Kier alpha value is -0.787. The molecule has 1 nitrogen and oxygen atoms in total. The fraction of sp³-hybridized carbons (Fsp3) is 0. The summed E-state index contributed by atoms with van der Waals surface area (Å²) >= 11 is 0. The second-order valence-corrected chi connectivity index (χ2v) is 4.50. The average molecular weight is 319 g/mol. The predicted molar refractivity (Wildman–Crippen MR) is 67.0 cm³/mol. The Balaban J connectivity index is 0.00000144. The van der Waals surface area contributed by atoms with Crippen molar-refractivity contribution in [2.75, 3.05) is 0 Å². The van der Waals surface area contributed by atoms with Crippen molar-refractivity contribution in [1.82, 2.24) is 0 Å². The van der Waals surface area contributed by atoms with Crippen molar-refractivity contribution < 1.29 is 30.4 Å². The van der Waals surface area contributed by atoms with E-state index in [4.69, 9.17) is 0 Å². The van der Waals surface area contributed by atoms with Crippen LogP contribution in [0.15, 0.2) is 65.6 Å². The largest absolute Gasteiger partial charge is 0.270 e. The van der Waals surface area contributed by atoms with Gasteiger partial charge in [-0.1, -0.05) is 36.4 Å². The molecule has 0 N–H and O–H groups in total. The van der Waals surface area contributed by atoms with Gasteiger partial charge < -0.3 is 0 Å². The van der Waals surface area contributed by atoms with Gasteiger partial charge in [0.05, 0.1) is 0 Å². The molecule has 0 aliphatic rings. The van der Waals surface area contributed by atoms with Gasteiger partial charge in [0.1, 0.15) is 0 Å². The summed E-state index contributed by atoms with van der Waals surface area (Å²) in [5.41, 5.74) is 1.01. The number of hydrogen-bond donors (Lipinski definition) is 0. The smallest absolute Gasteiger partial charge is 0.0242 e. The van der Waals surface area contributed by atoms with E-state index in [2.05, 4.69) is 5.41 Å². The third kappa shape index (κ3) is 4.53. The van der Waals surface area contributed by atoms with Crippen LogP contribution in [0.2, 0.25) is 0 Å². The molecule has 0 radical (unpaired) electrons. The van der Waals surface area contributed by atoms with E-state index in [0.29, 0.717) is 0 Å². The number of benzene rings is 2. The van der Waals surface area contributed by atoms with E-state index in [1.54, 1.807) is 6.08 Å². The molecule has 0 aliphatic carbocycles. The van der Waals surface area contributed by atoms with Gasteiger partial charge in [-0.3, -0.25) is 4.21 Å². The zero-order valence-corrected chi connectivity index (χ0v) is 12.4. The molecule has 0 fully saturated rings. The van der Waals surface area contributed by atoms with Crippen LogP contribution in [0.1, 0.15) is 5.56 Å². The van der Waals surface area contributed by atoms with Gasteiger partial charge in [0, 0.05) is 31.1 Å². The maximum atomic E-state index is 11.8. The van der Waals surface area contributed by atoms with Gasteiger partial charge in [-0.05, 0) is 22.9 Å². The Bertz CT molecular complexity index is 494. The van der Waals surface area contributed by atoms with Crippen LogP contribution >= 0.6 is 0 Å². The monoisotopic (exact) mass is 317 g/mol. The third-order valence-corrected chi connectivity index (χ3v) is 3.12. The van der Waals surface area contributed by atoms with Crippen LogP contribution in [-0.2, 0) is 37.0 Å². The molecule has 2 aromatic rings. The molecule has 0 spiro atoms. The van der Waals surface area contributed by atoms with E-state index < -0.39 is 10.8 Å². The van der Waals surface area contributed by atoms with Crippen LogP contribution in [0.25, 0.3) is 6.08 Å². The van der Waals surface area contributed by atoms with Gasteiger partial charge >= 0.3 is 0 Å². The molecule has 0 bridgehead atoms. The van der Waals surface area contributed by atoms with Crippen molar-refractivity contribution in [2.24, 2.45) is 0 Å². The van der Waals surface area contributed by atoms with Crippen LogP contribution in [0, 0.1) is 5.41 Å². The molecule has 0 saturated carbocycles. The first-order valence-electron chi connectivity index (χ1n) is 4.97. The summed E-state index contributed by atoms with van der Waals surface area (Å²) in [7, 11) is -1.19. The maximum Gasteiger partial charge on any atom is 0.0242 e. The Kier molecular flexibility index (Phi) is 6.32. The molecule has 1 atom stereocenters. The molecule has 0 amide bonds. The number of rotatable bonds is 3. The quantitative estimate of drug-likeness (QED) is 0.794. The van der Waals surface area contributed by atoms with Crippen molar-refractivity contribution in [1.29, 1.82) is 0 Å². The summed E-state index contributed by atoms with van der Waals surface area (Å²) in [5, 5.41) is 2.86. The predicted octanol–water partition coefficient (Wildman–Crippen LogP) is 3.27.